The zero-order chi connectivity index (χ0) is 17.8. The summed E-state index contributed by atoms with van der Waals surface area (Å²) >= 11 is 3.18. The minimum atomic E-state index is 0.0486. The number of hydrogen-bond donors (Lipinski definition) is 1. The van der Waals surface area contributed by atoms with Crippen LogP contribution in [0, 0.1) is 5.92 Å². The Balaban J connectivity index is 1.52. The van der Waals surface area contributed by atoms with Gasteiger partial charge in [-0.2, -0.15) is 0 Å². The molecule has 0 radical (unpaired) electrons. The third-order valence-corrected chi connectivity index (χ3v) is 7.23. The van der Waals surface area contributed by atoms with Crippen LogP contribution in [0.25, 0.3) is 9.53 Å². The van der Waals surface area contributed by atoms with E-state index in [-0.39, 0.29) is 5.91 Å². The lowest BCUT2D eigenvalue weighted by Crippen LogP contribution is -2.32. The number of anilines is 1. The van der Waals surface area contributed by atoms with Gasteiger partial charge in [-0.3, -0.25) is 4.79 Å². The number of nitrogens with zero attached hydrogens (tertiary/aromatic N) is 3. The second-order valence-electron chi connectivity index (χ2n) is 6.74. The maximum Gasteiger partial charge on any atom is 0.261 e. The van der Waals surface area contributed by atoms with Crippen molar-refractivity contribution in [3.63, 3.8) is 0 Å². The van der Waals surface area contributed by atoms with Crippen molar-refractivity contribution >= 4 is 43.2 Å². The Morgan fingerprint density at radius 2 is 2.04 bits per heavy atom. The molecule has 0 aromatic carbocycles. The first-order valence-corrected chi connectivity index (χ1v) is 10.9. The number of thiazole rings is 1. The highest BCUT2D eigenvalue weighted by atomic mass is 32.1. The average molecular weight is 381 g/mol. The average Bonchev–Trinajstić information content (AvgIpc) is 3.17. The third kappa shape index (κ3) is 4.51. The summed E-state index contributed by atoms with van der Waals surface area (Å²) in [7, 11) is 2.18. The molecule has 3 rings (SSSR count). The van der Waals surface area contributed by atoms with Crippen LogP contribution >= 0.6 is 22.7 Å². The predicted octanol–water partition coefficient (Wildman–Crippen LogP) is 3.67. The number of carbonyl (C=O) groups excluding carboxylic acids is 1. The molecule has 2 aromatic heterocycles. The Labute approximate surface area is 158 Å². The van der Waals surface area contributed by atoms with Crippen molar-refractivity contribution in [3.8, 4) is 0 Å². The van der Waals surface area contributed by atoms with Gasteiger partial charge in [-0.1, -0.05) is 11.3 Å². The van der Waals surface area contributed by atoms with Crippen molar-refractivity contribution in [2.24, 2.45) is 5.92 Å². The molecule has 7 heteroatoms. The first-order chi connectivity index (χ1) is 12.1. The van der Waals surface area contributed by atoms with Crippen LogP contribution in [0.5, 0.6) is 0 Å². The molecule has 0 aliphatic carbocycles. The molecule has 138 valence electrons. The number of aromatic nitrogens is 1. The number of nitrogens with one attached hydrogen (secondary N) is 1. The SMILES string of the molecule is CCN(CC)c1nc2sc(C(=O)NCCC3CCN(C)CC3)cc2s1. The van der Waals surface area contributed by atoms with E-state index < -0.39 is 0 Å². The van der Waals surface area contributed by atoms with Crippen LogP contribution in [-0.2, 0) is 0 Å². The monoisotopic (exact) mass is 380 g/mol. The summed E-state index contributed by atoms with van der Waals surface area (Å²) in [5.74, 6) is 0.800. The lowest BCUT2D eigenvalue weighted by atomic mass is 9.94. The molecule has 25 heavy (non-hydrogen) atoms. The summed E-state index contributed by atoms with van der Waals surface area (Å²) in [6, 6.07) is 2.00. The Morgan fingerprint density at radius 1 is 1.32 bits per heavy atom. The van der Waals surface area contributed by atoms with Crippen molar-refractivity contribution < 1.29 is 4.79 Å². The molecular formula is C18H28N4OS2. The van der Waals surface area contributed by atoms with E-state index in [1.54, 1.807) is 11.3 Å². The number of hydrogen-bond acceptors (Lipinski definition) is 6. The van der Waals surface area contributed by atoms with Crippen LogP contribution in [0.15, 0.2) is 6.07 Å². The molecule has 3 heterocycles. The molecule has 0 spiro atoms. The van der Waals surface area contributed by atoms with Gasteiger partial charge in [0.2, 0.25) is 0 Å². The molecule has 1 N–H and O–H groups in total. The molecule has 2 aromatic rings. The van der Waals surface area contributed by atoms with Gasteiger partial charge < -0.3 is 15.1 Å². The zero-order valence-corrected chi connectivity index (χ0v) is 17.0. The maximum absolute atomic E-state index is 12.4. The molecular weight excluding hydrogens is 352 g/mol. The van der Waals surface area contributed by atoms with Crippen molar-refractivity contribution in [1.29, 1.82) is 0 Å². The zero-order valence-electron chi connectivity index (χ0n) is 15.4. The lowest BCUT2D eigenvalue weighted by molar-refractivity contribution is 0.0953. The Kier molecular flexibility index (Phi) is 6.30. The minimum Gasteiger partial charge on any atom is -0.351 e. The highest BCUT2D eigenvalue weighted by molar-refractivity contribution is 7.29. The van der Waals surface area contributed by atoms with E-state index in [4.69, 9.17) is 4.98 Å². The topological polar surface area (TPSA) is 48.5 Å². The number of thiophene rings is 1. The van der Waals surface area contributed by atoms with E-state index in [0.717, 1.165) is 51.5 Å². The summed E-state index contributed by atoms with van der Waals surface area (Å²) < 4.78 is 1.12. The number of carbonyl (C=O) groups is 1. The van der Waals surface area contributed by atoms with Gasteiger partial charge in [0, 0.05) is 19.6 Å². The van der Waals surface area contributed by atoms with Crippen LogP contribution in [0.4, 0.5) is 5.13 Å². The van der Waals surface area contributed by atoms with E-state index in [1.807, 2.05) is 6.07 Å². The number of fused-ring (bicyclic) bond motifs is 1. The molecule has 1 fully saturated rings. The van der Waals surface area contributed by atoms with Crippen LogP contribution < -0.4 is 10.2 Å². The number of likely N-dealkylation sites (tertiary alicyclic amines) is 1. The van der Waals surface area contributed by atoms with Crippen LogP contribution in [0.3, 0.4) is 0 Å². The van der Waals surface area contributed by atoms with E-state index in [2.05, 4.69) is 36.0 Å². The molecule has 1 aliphatic rings. The number of piperidine rings is 1. The molecule has 1 aliphatic heterocycles. The standard InChI is InChI=1S/C18H28N4OS2/c1-4-22(5-2)18-20-17-15(25-18)12-14(24-17)16(23)19-9-6-13-7-10-21(3)11-8-13/h12-13H,4-11H2,1-3H3,(H,19,23). The van der Waals surface area contributed by atoms with Gasteiger partial charge in [0.1, 0.15) is 4.83 Å². The van der Waals surface area contributed by atoms with Gasteiger partial charge in [-0.15, -0.1) is 11.3 Å². The predicted molar refractivity (Wildman–Crippen MR) is 108 cm³/mol. The normalized spacial score (nSPS) is 16.4. The third-order valence-electron chi connectivity index (χ3n) is 5.01. The van der Waals surface area contributed by atoms with E-state index in [9.17, 15) is 4.79 Å². The second kappa shape index (κ2) is 8.47. The van der Waals surface area contributed by atoms with E-state index in [0.29, 0.717) is 0 Å². The summed E-state index contributed by atoms with van der Waals surface area (Å²) in [4.78, 5) is 23.5. The second-order valence-corrected chi connectivity index (χ2v) is 8.78. The van der Waals surface area contributed by atoms with E-state index in [1.165, 1.54) is 37.3 Å². The molecule has 0 atom stereocenters. The van der Waals surface area contributed by atoms with Gasteiger partial charge in [-0.25, -0.2) is 4.98 Å². The molecule has 0 unspecified atom stereocenters. The first-order valence-electron chi connectivity index (χ1n) is 9.22. The van der Waals surface area contributed by atoms with Crippen molar-refractivity contribution in [2.45, 2.75) is 33.1 Å². The molecule has 1 amide bonds. The van der Waals surface area contributed by atoms with Crippen LogP contribution in [-0.4, -0.2) is 55.6 Å². The first kappa shape index (κ1) is 18.6. The largest absolute Gasteiger partial charge is 0.351 e. The van der Waals surface area contributed by atoms with Gasteiger partial charge in [0.05, 0.1) is 9.58 Å². The maximum atomic E-state index is 12.4. The lowest BCUT2D eigenvalue weighted by Gasteiger charge is -2.28. The molecule has 1 saturated heterocycles. The van der Waals surface area contributed by atoms with Crippen molar-refractivity contribution in [2.75, 3.05) is 44.7 Å². The number of amides is 1. The van der Waals surface area contributed by atoms with E-state index >= 15 is 0 Å². The summed E-state index contributed by atoms with van der Waals surface area (Å²) in [6.07, 6.45) is 3.59. The van der Waals surface area contributed by atoms with Gasteiger partial charge in [0.25, 0.3) is 5.91 Å². The Morgan fingerprint density at radius 3 is 2.68 bits per heavy atom. The highest BCUT2D eigenvalue weighted by Gasteiger charge is 2.18. The fourth-order valence-electron chi connectivity index (χ4n) is 3.29. The molecule has 5 nitrogen and oxygen atoms in total. The van der Waals surface area contributed by atoms with Crippen LogP contribution in [0.1, 0.15) is 42.8 Å². The fourth-order valence-corrected chi connectivity index (χ4v) is 5.55. The van der Waals surface area contributed by atoms with Gasteiger partial charge in [-0.05, 0) is 65.2 Å². The Bertz CT molecular complexity index is 668. The van der Waals surface area contributed by atoms with Crippen molar-refractivity contribution in [3.05, 3.63) is 10.9 Å². The smallest absolute Gasteiger partial charge is 0.261 e. The highest BCUT2D eigenvalue weighted by Crippen LogP contribution is 2.34. The fraction of sp³-hybridized carbons (Fsp3) is 0.667. The quantitative estimate of drug-likeness (QED) is 0.796. The Hall–Kier alpha value is -1.18. The van der Waals surface area contributed by atoms with Gasteiger partial charge >= 0.3 is 0 Å². The summed E-state index contributed by atoms with van der Waals surface area (Å²) in [5.41, 5.74) is 0. The van der Waals surface area contributed by atoms with Crippen LogP contribution in [0.2, 0.25) is 0 Å². The summed E-state index contributed by atoms with van der Waals surface area (Å²) in [6.45, 7) is 9.34. The van der Waals surface area contributed by atoms with Gasteiger partial charge in [0.15, 0.2) is 5.13 Å². The number of rotatable bonds is 7. The summed E-state index contributed by atoms with van der Waals surface area (Å²) in [5, 5.41) is 4.15. The minimum absolute atomic E-state index is 0.0486. The van der Waals surface area contributed by atoms with Crippen molar-refractivity contribution in [1.82, 2.24) is 15.2 Å². The molecule has 0 bridgehead atoms. The molecule has 0 saturated carbocycles.